The maximum Gasteiger partial charge on any atom is 0.109 e. The van der Waals surface area contributed by atoms with E-state index in [0.29, 0.717) is 6.04 Å². The first kappa shape index (κ1) is 8.48. The molecular formula is C9H18N2O. The van der Waals surface area contributed by atoms with E-state index in [1.165, 1.54) is 6.42 Å². The average molecular weight is 170 g/mol. The lowest BCUT2D eigenvalue weighted by molar-refractivity contribution is -0.126. The van der Waals surface area contributed by atoms with Crippen LogP contribution in [-0.4, -0.2) is 62.3 Å². The number of hydrogen-bond donors (Lipinski definition) is 0. The van der Waals surface area contributed by atoms with Crippen molar-refractivity contribution in [2.24, 2.45) is 0 Å². The molecule has 0 aliphatic carbocycles. The molecule has 1 unspecified atom stereocenters. The van der Waals surface area contributed by atoms with Crippen molar-refractivity contribution in [3.8, 4) is 0 Å². The van der Waals surface area contributed by atoms with Gasteiger partial charge in [0.2, 0.25) is 0 Å². The van der Waals surface area contributed by atoms with Gasteiger partial charge in [-0.1, -0.05) is 0 Å². The largest absolute Gasteiger partial charge is 0.371 e. The zero-order valence-corrected chi connectivity index (χ0v) is 8.21. The first-order chi connectivity index (χ1) is 5.64. The zero-order valence-electron chi connectivity index (χ0n) is 8.21. The van der Waals surface area contributed by atoms with Gasteiger partial charge in [-0.05, 0) is 27.6 Å². The average Bonchev–Trinajstić information content (AvgIpc) is 2.30. The van der Waals surface area contributed by atoms with Crippen molar-refractivity contribution in [2.45, 2.75) is 18.1 Å². The van der Waals surface area contributed by atoms with Gasteiger partial charge in [0.15, 0.2) is 0 Å². The standard InChI is InChI=1S/C9H18N2O/c1-10(2)8-4-5-12-9(8)6-11(3)7-9/h8H,4-7H2,1-3H3. The van der Waals surface area contributed by atoms with Crippen LogP contribution in [0, 0.1) is 0 Å². The molecule has 1 spiro atoms. The lowest BCUT2D eigenvalue weighted by Gasteiger charge is -2.50. The van der Waals surface area contributed by atoms with Gasteiger partial charge < -0.3 is 14.5 Å². The van der Waals surface area contributed by atoms with Crippen molar-refractivity contribution in [1.29, 1.82) is 0 Å². The molecule has 2 aliphatic heterocycles. The number of likely N-dealkylation sites (N-methyl/N-ethyl adjacent to an activating group) is 2. The molecule has 0 N–H and O–H groups in total. The third-order valence-electron chi connectivity index (χ3n) is 3.09. The third kappa shape index (κ3) is 1.08. The SMILES string of the molecule is CN1CC2(C1)OCCC2N(C)C. The summed E-state index contributed by atoms with van der Waals surface area (Å²) in [5.74, 6) is 0. The van der Waals surface area contributed by atoms with Crippen LogP contribution in [0.15, 0.2) is 0 Å². The Balaban J connectivity index is 2.05. The van der Waals surface area contributed by atoms with E-state index in [0.717, 1.165) is 19.7 Å². The van der Waals surface area contributed by atoms with Crippen molar-refractivity contribution in [2.75, 3.05) is 40.8 Å². The van der Waals surface area contributed by atoms with Gasteiger partial charge in [0.05, 0.1) is 0 Å². The normalized spacial score (nSPS) is 34.5. The number of hydrogen-bond acceptors (Lipinski definition) is 3. The molecule has 0 aromatic carbocycles. The Bertz CT molecular complexity index is 175. The highest BCUT2D eigenvalue weighted by atomic mass is 16.5. The van der Waals surface area contributed by atoms with Crippen molar-refractivity contribution >= 4 is 0 Å². The molecular weight excluding hydrogens is 152 g/mol. The Hall–Kier alpha value is -0.120. The summed E-state index contributed by atoms with van der Waals surface area (Å²) in [4.78, 5) is 4.63. The molecule has 2 saturated heterocycles. The van der Waals surface area contributed by atoms with Crippen LogP contribution in [-0.2, 0) is 4.74 Å². The van der Waals surface area contributed by atoms with Gasteiger partial charge in [0.25, 0.3) is 0 Å². The van der Waals surface area contributed by atoms with Crippen molar-refractivity contribution < 1.29 is 4.74 Å². The number of nitrogens with zero attached hydrogens (tertiary/aromatic N) is 2. The first-order valence-electron chi connectivity index (χ1n) is 4.63. The Morgan fingerprint density at radius 3 is 2.58 bits per heavy atom. The molecule has 2 heterocycles. The maximum atomic E-state index is 5.84. The fraction of sp³-hybridized carbons (Fsp3) is 1.00. The van der Waals surface area contributed by atoms with E-state index < -0.39 is 0 Å². The van der Waals surface area contributed by atoms with Gasteiger partial charge in [0.1, 0.15) is 5.60 Å². The molecule has 0 radical (unpaired) electrons. The van der Waals surface area contributed by atoms with Gasteiger partial charge in [-0.15, -0.1) is 0 Å². The fourth-order valence-electron chi connectivity index (χ4n) is 2.63. The summed E-state index contributed by atoms with van der Waals surface area (Å²) < 4.78 is 5.84. The molecule has 2 fully saturated rings. The van der Waals surface area contributed by atoms with Crippen LogP contribution < -0.4 is 0 Å². The van der Waals surface area contributed by atoms with Gasteiger partial charge in [-0.25, -0.2) is 0 Å². The number of rotatable bonds is 1. The second-order valence-corrected chi connectivity index (χ2v) is 4.35. The van der Waals surface area contributed by atoms with E-state index in [-0.39, 0.29) is 5.60 Å². The molecule has 2 aliphatic rings. The first-order valence-corrected chi connectivity index (χ1v) is 4.63. The second kappa shape index (κ2) is 2.69. The predicted molar refractivity (Wildman–Crippen MR) is 48.3 cm³/mol. The summed E-state index contributed by atoms with van der Waals surface area (Å²) in [7, 11) is 6.46. The molecule has 3 nitrogen and oxygen atoms in total. The smallest absolute Gasteiger partial charge is 0.109 e. The van der Waals surface area contributed by atoms with E-state index >= 15 is 0 Å². The van der Waals surface area contributed by atoms with E-state index in [1.807, 2.05) is 0 Å². The van der Waals surface area contributed by atoms with Crippen molar-refractivity contribution in [3.63, 3.8) is 0 Å². The summed E-state index contributed by atoms with van der Waals surface area (Å²) in [6.07, 6.45) is 1.20. The summed E-state index contributed by atoms with van der Waals surface area (Å²) in [5.41, 5.74) is 0.179. The highest BCUT2D eigenvalue weighted by molar-refractivity contribution is 5.07. The predicted octanol–water partition coefficient (Wildman–Crippen LogP) is 0.0211. The third-order valence-corrected chi connectivity index (χ3v) is 3.09. The molecule has 1 atom stereocenters. The minimum absolute atomic E-state index is 0.179. The summed E-state index contributed by atoms with van der Waals surface area (Å²) >= 11 is 0. The van der Waals surface area contributed by atoms with Crippen molar-refractivity contribution in [3.05, 3.63) is 0 Å². The minimum Gasteiger partial charge on any atom is -0.371 e. The van der Waals surface area contributed by atoms with E-state index in [1.54, 1.807) is 0 Å². The van der Waals surface area contributed by atoms with Gasteiger partial charge >= 0.3 is 0 Å². The van der Waals surface area contributed by atoms with E-state index in [4.69, 9.17) is 4.74 Å². The van der Waals surface area contributed by atoms with Crippen LogP contribution in [0.1, 0.15) is 6.42 Å². The lowest BCUT2D eigenvalue weighted by atomic mass is 9.86. The number of likely N-dealkylation sites (tertiary alicyclic amines) is 1. The molecule has 70 valence electrons. The van der Waals surface area contributed by atoms with Gasteiger partial charge in [0, 0.05) is 25.7 Å². The monoisotopic (exact) mass is 170 g/mol. The van der Waals surface area contributed by atoms with E-state index in [9.17, 15) is 0 Å². The molecule has 0 saturated carbocycles. The molecule has 2 rings (SSSR count). The van der Waals surface area contributed by atoms with E-state index in [2.05, 4.69) is 30.9 Å². The molecule has 3 heteroatoms. The molecule has 0 amide bonds. The Kier molecular flexibility index (Phi) is 1.90. The molecule has 0 bridgehead atoms. The maximum absolute atomic E-state index is 5.84. The second-order valence-electron chi connectivity index (χ2n) is 4.35. The molecule has 12 heavy (non-hydrogen) atoms. The Morgan fingerprint density at radius 2 is 2.08 bits per heavy atom. The Labute approximate surface area is 74.3 Å². The van der Waals surface area contributed by atoms with Gasteiger partial charge in [-0.3, -0.25) is 0 Å². The Morgan fingerprint density at radius 1 is 1.42 bits per heavy atom. The number of ether oxygens (including phenoxy) is 1. The summed E-state index contributed by atoms with van der Waals surface area (Å²) in [5, 5.41) is 0. The summed E-state index contributed by atoms with van der Waals surface area (Å²) in [6.45, 7) is 3.16. The topological polar surface area (TPSA) is 15.7 Å². The van der Waals surface area contributed by atoms with Crippen LogP contribution in [0.4, 0.5) is 0 Å². The summed E-state index contributed by atoms with van der Waals surface area (Å²) in [6, 6.07) is 0.633. The van der Waals surface area contributed by atoms with Crippen LogP contribution >= 0.6 is 0 Å². The van der Waals surface area contributed by atoms with Gasteiger partial charge in [-0.2, -0.15) is 0 Å². The minimum atomic E-state index is 0.179. The zero-order chi connectivity index (χ0) is 8.77. The van der Waals surface area contributed by atoms with Crippen LogP contribution in [0.3, 0.4) is 0 Å². The quantitative estimate of drug-likeness (QED) is 0.552. The highest BCUT2D eigenvalue weighted by Crippen LogP contribution is 2.36. The molecule has 0 aromatic rings. The lowest BCUT2D eigenvalue weighted by Crippen LogP contribution is -2.67. The highest BCUT2D eigenvalue weighted by Gasteiger charge is 2.52. The van der Waals surface area contributed by atoms with Crippen LogP contribution in [0.25, 0.3) is 0 Å². The van der Waals surface area contributed by atoms with Crippen LogP contribution in [0.5, 0.6) is 0 Å². The molecule has 0 aromatic heterocycles. The van der Waals surface area contributed by atoms with Crippen molar-refractivity contribution in [1.82, 2.24) is 9.80 Å². The fourth-order valence-corrected chi connectivity index (χ4v) is 2.63. The van der Waals surface area contributed by atoms with Crippen LogP contribution in [0.2, 0.25) is 0 Å².